The van der Waals surface area contributed by atoms with Crippen LogP contribution in [0.4, 0.5) is 0 Å². The minimum absolute atomic E-state index is 0.227. The van der Waals surface area contributed by atoms with Gasteiger partial charge in [-0.2, -0.15) is 0 Å². The Hall–Kier alpha value is -3.22. The van der Waals surface area contributed by atoms with Crippen LogP contribution >= 0.6 is 0 Å². The number of hydrogen-bond donors (Lipinski definition) is 0. The van der Waals surface area contributed by atoms with E-state index in [-0.39, 0.29) is 17.9 Å². The van der Waals surface area contributed by atoms with Crippen molar-refractivity contribution < 1.29 is 33.3 Å². The molecule has 0 unspecified atom stereocenters. The summed E-state index contributed by atoms with van der Waals surface area (Å²) in [7, 11) is 0. The predicted octanol–water partition coefficient (Wildman–Crippen LogP) is 4.28. The van der Waals surface area contributed by atoms with Crippen LogP contribution in [0.25, 0.3) is 0 Å². The topological polar surface area (TPSA) is 80.3 Å². The molecular formula is C22H26O7. The highest BCUT2D eigenvalue weighted by atomic mass is 16.5. The van der Waals surface area contributed by atoms with E-state index in [0.29, 0.717) is 42.6 Å². The standard InChI is InChI=1S/C22H26O7/c1-5-25-18-13-16(14-19(26-6-2)20(18)27-7-3)22(24)29-17-11-9-10-15(12-17)21(23)28-8-4/h9-14H,5-8H2,1-4H3. The first-order chi connectivity index (χ1) is 14.0. The lowest BCUT2D eigenvalue weighted by atomic mass is 10.1. The van der Waals surface area contributed by atoms with Gasteiger partial charge in [0.2, 0.25) is 5.75 Å². The van der Waals surface area contributed by atoms with Gasteiger partial charge in [-0.1, -0.05) is 6.07 Å². The minimum atomic E-state index is -0.615. The first-order valence-corrected chi connectivity index (χ1v) is 9.59. The summed E-state index contributed by atoms with van der Waals surface area (Å²) < 4.78 is 27.3. The Morgan fingerprint density at radius 1 is 0.724 bits per heavy atom. The van der Waals surface area contributed by atoms with Gasteiger partial charge in [-0.3, -0.25) is 0 Å². The Morgan fingerprint density at radius 2 is 1.34 bits per heavy atom. The monoisotopic (exact) mass is 402 g/mol. The fourth-order valence-corrected chi connectivity index (χ4v) is 2.57. The van der Waals surface area contributed by atoms with Gasteiger partial charge in [-0.15, -0.1) is 0 Å². The second-order valence-electron chi connectivity index (χ2n) is 5.74. The molecule has 156 valence electrons. The summed E-state index contributed by atoms with van der Waals surface area (Å²) in [5, 5.41) is 0. The van der Waals surface area contributed by atoms with Gasteiger partial charge in [0.25, 0.3) is 0 Å². The molecule has 0 atom stereocenters. The van der Waals surface area contributed by atoms with Crippen LogP contribution in [0.3, 0.4) is 0 Å². The quantitative estimate of drug-likeness (QED) is 0.433. The Balaban J connectivity index is 2.32. The van der Waals surface area contributed by atoms with Crippen molar-refractivity contribution in [3.63, 3.8) is 0 Å². The smallest absolute Gasteiger partial charge is 0.343 e. The van der Waals surface area contributed by atoms with Crippen LogP contribution in [0, 0.1) is 0 Å². The van der Waals surface area contributed by atoms with Crippen molar-refractivity contribution in [2.24, 2.45) is 0 Å². The molecule has 0 spiro atoms. The van der Waals surface area contributed by atoms with Crippen LogP contribution in [-0.4, -0.2) is 38.4 Å². The summed E-state index contributed by atoms with van der Waals surface area (Å²) >= 11 is 0. The van der Waals surface area contributed by atoms with Crippen molar-refractivity contribution in [1.29, 1.82) is 0 Å². The molecule has 0 bridgehead atoms. The molecule has 29 heavy (non-hydrogen) atoms. The van der Waals surface area contributed by atoms with Crippen molar-refractivity contribution in [3.05, 3.63) is 47.5 Å². The molecule has 0 aromatic heterocycles. The summed E-state index contributed by atoms with van der Waals surface area (Å²) in [5.74, 6) is 0.363. The van der Waals surface area contributed by atoms with E-state index in [1.807, 2.05) is 20.8 Å². The third kappa shape index (κ3) is 5.88. The first kappa shape index (κ1) is 22.1. The van der Waals surface area contributed by atoms with Crippen molar-refractivity contribution in [2.75, 3.05) is 26.4 Å². The molecule has 0 aliphatic heterocycles. The Bertz CT molecular complexity index is 818. The fraction of sp³-hybridized carbons (Fsp3) is 0.364. The van der Waals surface area contributed by atoms with Crippen LogP contribution in [0.1, 0.15) is 48.4 Å². The Labute approximate surface area is 170 Å². The van der Waals surface area contributed by atoms with Gasteiger partial charge in [-0.05, 0) is 58.0 Å². The Kier molecular flexibility index (Phi) is 8.33. The van der Waals surface area contributed by atoms with Crippen LogP contribution in [0.5, 0.6) is 23.0 Å². The molecule has 0 radical (unpaired) electrons. The summed E-state index contributed by atoms with van der Waals surface area (Å²) in [5.41, 5.74) is 0.538. The lowest BCUT2D eigenvalue weighted by Gasteiger charge is -2.16. The molecule has 0 saturated carbocycles. The van der Waals surface area contributed by atoms with Gasteiger partial charge in [0.1, 0.15) is 5.75 Å². The van der Waals surface area contributed by atoms with E-state index in [0.717, 1.165) is 0 Å². The molecule has 0 amide bonds. The van der Waals surface area contributed by atoms with E-state index in [2.05, 4.69) is 0 Å². The zero-order valence-electron chi connectivity index (χ0n) is 17.2. The van der Waals surface area contributed by atoms with Crippen LogP contribution in [0.15, 0.2) is 36.4 Å². The molecule has 0 saturated heterocycles. The van der Waals surface area contributed by atoms with Gasteiger partial charge < -0.3 is 23.7 Å². The summed E-state index contributed by atoms with van der Waals surface area (Å²) in [6.45, 7) is 8.71. The van der Waals surface area contributed by atoms with Crippen LogP contribution in [0.2, 0.25) is 0 Å². The number of carbonyl (C=O) groups is 2. The van der Waals surface area contributed by atoms with Crippen molar-refractivity contribution in [1.82, 2.24) is 0 Å². The molecule has 0 heterocycles. The maximum absolute atomic E-state index is 12.7. The fourth-order valence-electron chi connectivity index (χ4n) is 2.57. The number of esters is 2. The van der Waals surface area contributed by atoms with E-state index >= 15 is 0 Å². The van der Waals surface area contributed by atoms with Gasteiger partial charge in [-0.25, -0.2) is 9.59 Å². The number of benzene rings is 2. The molecular weight excluding hydrogens is 376 g/mol. The predicted molar refractivity (Wildman–Crippen MR) is 107 cm³/mol. The molecule has 0 fully saturated rings. The largest absolute Gasteiger partial charge is 0.490 e. The molecule has 7 heteroatoms. The molecule has 2 aromatic rings. The highest BCUT2D eigenvalue weighted by molar-refractivity contribution is 5.93. The molecule has 0 N–H and O–H groups in total. The summed E-state index contributed by atoms with van der Waals surface area (Å²) in [6, 6.07) is 9.35. The van der Waals surface area contributed by atoms with Crippen molar-refractivity contribution >= 4 is 11.9 Å². The van der Waals surface area contributed by atoms with E-state index in [9.17, 15) is 9.59 Å². The lowest BCUT2D eigenvalue weighted by molar-refractivity contribution is 0.0524. The van der Waals surface area contributed by atoms with E-state index in [1.54, 1.807) is 37.3 Å². The maximum Gasteiger partial charge on any atom is 0.343 e. The van der Waals surface area contributed by atoms with E-state index < -0.39 is 11.9 Å². The molecule has 0 aliphatic rings. The van der Waals surface area contributed by atoms with Crippen molar-refractivity contribution in [2.45, 2.75) is 27.7 Å². The summed E-state index contributed by atoms with van der Waals surface area (Å²) in [6.07, 6.45) is 0. The maximum atomic E-state index is 12.7. The first-order valence-electron chi connectivity index (χ1n) is 9.59. The van der Waals surface area contributed by atoms with Gasteiger partial charge >= 0.3 is 11.9 Å². The summed E-state index contributed by atoms with van der Waals surface area (Å²) in [4.78, 5) is 24.6. The average molecular weight is 402 g/mol. The van der Waals surface area contributed by atoms with Gasteiger partial charge in [0.15, 0.2) is 11.5 Å². The number of carbonyl (C=O) groups excluding carboxylic acids is 2. The third-order valence-electron chi connectivity index (χ3n) is 3.70. The second-order valence-corrected chi connectivity index (χ2v) is 5.74. The number of rotatable bonds is 10. The average Bonchev–Trinajstić information content (AvgIpc) is 2.71. The van der Waals surface area contributed by atoms with Gasteiger partial charge in [0.05, 0.1) is 37.6 Å². The van der Waals surface area contributed by atoms with Crippen LogP contribution in [-0.2, 0) is 4.74 Å². The normalized spacial score (nSPS) is 10.2. The molecule has 7 nitrogen and oxygen atoms in total. The van der Waals surface area contributed by atoms with Crippen molar-refractivity contribution in [3.8, 4) is 23.0 Å². The molecule has 2 aromatic carbocycles. The molecule has 0 aliphatic carbocycles. The number of hydrogen-bond acceptors (Lipinski definition) is 7. The van der Waals surface area contributed by atoms with Gasteiger partial charge in [0, 0.05) is 0 Å². The SMILES string of the molecule is CCOC(=O)c1cccc(OC(=O)c2cc(OCC)c(OCC)c(OCC)c2)c1. The van der Waals surface area contributed by atoms with E-state index in [4.69, 9.17) is 23.7 Å². The third-order valence-corrected chi connectivity index (χ3v) is 3.70. The highest BCUT2D eigenvalue weighted by Gasteiger charge is 2.20. The van der Waals surface area contributed by atoms with Crippen LogP contribution < -0.4 is 18.9 Å². The minimum Gasteiger partial charge on any atom is -0.490 e. The Morgan fingerprint density at radius 3 is 1.90 bits per heavy atom. The zero-order chi connectivity index (χ0) is 21.2. The number of ether oxygens (including phenoxy) is 5. The zero-order valence-corrected chi connectivity index (χ0v) is 17.2. The molecule has 2 rings (SSSR count). The second kappa shape index (κ2) is 10.9. The highest BCUT2D eigenvalue weighted by Crippen LogP contribution is 2.39. The van der Waals surface area contributed by atoms with E-state index in [1.165, 1.54) is 6.07 Å². The lowest BCUT2D eigenvalue weighted by Crippen LogP contribution is -2.11.